The van der Waals surface area contributed by atoms with Gasteiger partial charge >= 0.3 is 11.9 Å². The molecule has 1 aliphatic heterocycles. The highest BCUT2D eigenvalue weighted by molar-refractivity contribution is 6.06. The minimum Gasteiger partial charge on any atom is -0.493 e. The highest BCUT2D eigenvalue weighted by atomic mass is 16.6. The maximum Gasteiger partial charge on any atom is 0.363 e. The molecule has 2 rings (SSSR count). The summed E-state index contributed by atoms with van der Waals surface area (Å²) in [7, 11) is 1.47. The van der Waals surface area contributed by atoms with Crippen molar-refractivity contribution in [1.82, 2.24) is 0 Å². The van der Waals surface area contributed by atoms with Gasteiger partial charge < -0.3 is 14.2 Å². The minimum absolute atomic E-state index is 0.196. The van der Waals surface area contributed by atoms with Crippen LogP contribution < -0.4 is 9.47 Å². The molecule has 0 aromatic heterocycles. The Balaban J connectivity index is 2.36. The van der Waals surface area contributed by atoms with Crippen LogP contribution in [0.25, 0.3) is 6.08 Å². The number of hydrogen-bond donors (Lipinski definition) is 0. The third-order valence-electron chi connectivity index (χ3n) is 2.47. The van der Waals surface area contributed by atoms with Crippen LogP contribution in [0.2, 0.25) is 0 Å². The highest BCUT2D eigenvalue weighted by Gasteiger charge is 2.19. The van der Waals surface area contributed by atoms with E-state index in [1.54, 1.807) is 31.2 Å². The standard InChI is InChI=1S/C14H13NO5/c1-8-15-11(14(17)19-8)6-10-4-5-12(18-3)13(7-10)20-9(2)16/h4-7H,1-3H3. The number of cyclic esters (lactones) is 1. The van der Waals surface area contributed by atoms with Gasteiger partial charge in [0.1, 0.15) is 0 Å². The molecule has 0 saturated carbocycles. The van der Waals surface area contributed by atoms with E-state index in [1.807, 2.05) is 0 Å². The number of carbonyl (C=O) groups is 2. The van der Waals surface area contributed by atoms with Gasteiger partial charge in [0.15, 0.2) is 23.1 Å². The minimum atomic E-state index is -0.507. The van der Waals surface area contributed by atoms with Crippen molar-refractivity contribution in [3.63, 3.8) is 0 Å². The fourth-order valence-corrected chi connectivity index (χ4v) is 1.69. The van der Waals surface area contributed by atoms with Crippen molar-refractivity contribution in [3.8, 4) is 11.5 Å². The molecule has 0 fully saturated rings. The Morgan fingerprint density at radius 3 is 2.65 bits per heavy atom. The lowest BCUT2D eigenvalue weighted by Gasteiger charge is -2.08. The summed E-state index contributed by atoms with van der Waals surface area (Å²) < 4.78 is 15.0. The van der Waals surface area contributed by atoms with Gasteiger partial charge in [0.25, 0.3) is 0 Å². The molecule has 20 heavy (non-hydrogen) atoms. The maximum absolute atomic E-state index is 11.5. The monoisotopic (exact) mass is 275 g/mol. The summed E-state index contributed by atoms with van der Waals surface area (Å²) in [6, 6.07) is 4.94. The number of benzene rings is 1. The Morgan fingerprint density at radius 1 is 1.35 bits per heavy atom. The van der Waals surface area contributed by atoms with Gasteiger partial charge in [0.05, 0.1) is 7.11 Å². The second-order valence-corrected chi connectivity index (χ2v) is 4.05. The number of nitrogens with zero attached hydrogens (tertiary/aromatic N) is 1. The van der Waals surface area contributed by atoms with E-state index in [1.165, 1.54) is 14.0 Å². The predicted molar refractivity (Wildman–Crippen MR) is 71.5 cm³/mol. The Morgan fingerprint density at radius 2 is 2.10 bits per heavy atom. The average Bonchev–Trinajstić information content (AvgIpc) is 2.67. The zero-order chi connectivity index (χ0) is 14.7. The zero-order valence-electron chi connectivity index (χ0n) is 11.3. The van der Waals surface area contributed by atoms with E-state index in [4.69, 9.17) is 14.2 Å². The summed E-state index contributed by atoms with van der Waals surface area (Å²) in [6.45, 7) is 2.89. The first-order chi connectivity index (χ1) is 9.49. The predicted octanol–water partition coefficient (Wildman–Crippen LogP) is 1.94. The number of rotatable bonds is 3. The maximum atomic E-state index is 11.5. The number of methoxy groups -OCH3 is 1. The molecule has 1 aromatic carbocycles. The van der Waals surface area contributed by atoms with Crippen LogP contribution in [0.4, 0.5) is 0 Å². The molecule has 6 nitrogen and oxygen atoms in total. The van der Waals surface area contributed by atoms with Crippen LogP contribution in [-0.2, 0) is 14.3 Å². The van der Waals surface area contributed by atoms with E-state index in [0.29, 0.717) is 17.2 Å². The average molecular weight is 275 g/mol. The van der Waals surface area contributed by atoms with E-state index in [-0.39, 0.29) is 11.4 Å². The van der Waals surface area contributed by atoms with Gasteiger partial charge in [-0.25, -0.2) is 9.79 Å². The van der Waals surface area contributed by atoms with Crippen molar-refractivity contribution in [3.05, 3.63) is 29.5 Å². The van der Waals surface area contributed by atoms with Crippen LogP contribution in [0, 0.1) is 0 Å². The number of esters is 2. The summed E-state index contributed by atoms with van der Waals surface area (Å²) >= 11 is 0. The van der Waals surface area contributed by atoms with Crippen LogP contribution in [0.1, 0.15) is 19.4 Å². The summed E-state index contributed by atoms with van der Waals surface area (Å²) in [5.41, 5.74) is 0.842. The van der Waals surface area contributed by atoms with Gasteiger partial charge in [-0.05, 0) is 23.8 Å². The second-order valence-electron chi connectivity index (χ2n) is 4.05. The van der Waals surface area contributed by atoms with Crippen LogP contribution in [0.5, 0.6) is 11.5 Å². The van der Waals surface area contributed by atoms with Crippen molar-refractivity contribution in [2.24, 2.45) is 4.99 Å². The van der Waals surface area contributed by atoms with Gasteiger partial charge in [-0.1, -0.05) is 6.07 Å². The number of ether oxygens (including phenoxy) is 3. The molecule has 6 heteroatoms. The summed E-state index contributed by atoms with van der Waals surface area (Å²) in [6.07, 6.45) is 1.55. The summed E-state index contributed by atoms with van der Waals surface area (Å²) in [5, 5.41) is 0. The van der Waals surface area contributed by atoms with E-state index >= 15 is 0 Å². The molecule has 0 saturated heterocycles. The number of aliphatic imine (C=N–C) groups is 1. The smallest absolute Gasteiger partial charge is 0.363 e. The molecule has 1 heterocycles. The molecular weight excluding hydrogens is 262 g/mol. The van der Waals surface area contributed by atoms with Gasteiger partial charge in [-0.2, -0.15) is 0 Å². The van der Waals surface area contributed by atoms with Gasteiger partial charge in [-0.3, -0.25) is 4.79 Å². The van der Waals surface area contributed by atoms with Crippen molar-refractivity contribution in [2.75, 3.05) is 7.11 Å². The van der Waals surface area contributed by atoms with Crippen LogP contribution in [0.3, 0.4) is 0 Å². The molecule has 0 unspecified atom stereocenters. The molecule has 0 atom stereocenters. The third-order valence-corrected chi connectivity index (χ3v) is 2.47. The fourth-order valence-electron chi connectivity index (χ4n) is 1.69. The van der Waals surface area contributed by atoms with E-state index < -0.39 is 11.9 Å². The molecule has 0 N–H and O–H groups in total. The molecular formula is C14H13NO5. The van der Waals surface area contributed by atoms with Crippen LogP contribution >= 0.6 is 0 Å². The first-order valence-corrected chi connectivity index (χ1v) is 5.85. The SMILES string of the molecule is COc1ccc(C=C2N=C(C)OC2=O)cc1OC(C)=O. The Kier molecular flexibility index (Phi) is 3.84. The van der Waals surface area contributed by atoms with E-state index in [2.05, 4.69) is 4.99 Å². The van der Waals surface area contributed by atoms with Crippen molar-refractivity contribution in [1.29, 1.82) is 0 Å². The van der Waals surface area contributed by atoms with Crippen molar-refractivity contribution in [2.45, 2.75) is 13.8 Å². The molecule has 0 amide bonds. The Hall–Kier alpha value is -2.63. The lowest BCUT2D eigenvalue weighted by atomic mass is 10.1. The van der Waals surface area contributed by atoms with Crippen molar-refractivity contribution < 1.29 is 23.8 Å². The quantitative estimate of drug-likeness (QED) is 0.479. The highest BCUT2D eigenvalue weighted by Crippen LogP contribution is 2.29. The van der Waals surface area contributed by atoms with Gasteiger partial charge in [-0.15, -0.1) is 0 Å². The summed E-state index contributed by atoms with van der Waals surface area (Å²) in [4.78, 5) is 26.5. The second kappa shape index (κ2) is 5.56. The molecule has 0 spiro atoms. The molecule has 0 bridgehead atoms. The van der Waals surface area contributed by atoms with E-state index in [9.17, 15) is 9.59 Å². The zero-order valence-corrected chi connectivity index (χ0v) is 11.3. The van der Waals surface area contributed by atoms with Crippen LogP contribution in [-0.4, -0.2) is 24.9 Å². The summed E-state index contributed by atoms with van der Waals surface area (Å²) in [5.74, 6) is 0.0435. The molecule has 0 radical (unpaired) electrons. The third kappa shape index (κ3) is 3.03. The van der Waals surface area contributed by atoms with Gasteiger partial charge in [0, 0.05) is 13.8 Å². The lowest BCUT2D eigenvalue weighted by molar-refractivity contribution is -0.132. The Labute approximate surface area is 115 Å². The number of hydrogen-bond acceptors (Lipinski definition) is 6. The largest absolute Gasteiger partial charge is 0.493 e. The van der Waals surface area contributed by atoms with Crippen LogP contribution in [0.15, 0.2) is 28.9 Å². The van der Waals surface area contributed by atoms with E-state index in [0.717, 1.165) is 0 Å². The lowest BCUT2D eigenvalue weighted by Crippen LogP contribution is -2.03. The first kappa shape index (κ1) is 13.8. The molecule has 1 aliphatic rings. The normalized spacial score (nSPS) is 15.8. The topological polar surface area (TPSA) is 74.2 Å². The number of carbonyl (C=O) groups excluding carboxylic acids is 2. The van der Waals surface area contributed by atoms with Crippen molar-refractivity contribution >= 4 is 23.9 Å². The first-order valence-electron chi connectivity index (χ1n) is 5.85. The van der Waals surface area contributed by atoms with Gasteiger partial charge in [0.2, 0.25) is 0 Å². The molecule has 1 aromatic rings. The fraction of sp³-hybridized carbons (Fsp3) is 0.214. The molecule has 104 valence electrons. The Bertz CT molecular complexity index is 630. The molecule has 0 aliphatic carbocycles.